The van der Waals surface area contributed by atoms with E-state index in [1.165, 1.54) is 5.56 Å². The number of aryl methyl sites for hydroxylation is 1. The van der Waals surface area contributed by atoms with Crippen molar-refractivity contribution in [1.82, 2.24) is 9.55 Å². The quantitative estimate of drug-likeness (QED) is 0.193. The van der Waals surface area contributed by atoms with E-state index in [1.54, 1.807) is 32.0 Å². The first-order chi connectivity index (χ1) is 21.1. The van der Waals surface area contributed by atoms with Gasteiger partial charge in [-0.1, -0.05) is 63.0 Å². The van der Waals surface area contributed by atoms with E-state index in [4.69, 9.17) is 19.2 Å². The van der Waals surface area contributed by atoms with E-state index in [-0.39, 0.29) is 11.0 Å². The molecule has 1 aromatic heterocycles. The molecule has 0 amide bonds. The summed E-state index contributed by atoms with van der Waals surface area (Å²) in [6.07, 6.45) is 3.70. The fourth-order valence-corrected chi connectivity index (χ4v) is 5.04. The Morgan fingerprint density at radius 2 is 1.41 bits per heavy atom. The van der Waals surface area contributed by atoms with E-state index < -0.39 is 0 Å². The SMILES string of the molecule is COc1cc(/C=C/c2nc3ccccc3c(=O)n2-c2ccc(C#Cc3ccc(C(C)(C)C)cc3)cc2C)cc(OC)c1OC. The molecule has 44 heavy (non-hydrogen) atoms. The first-order valence-electron chi connectivity index (χ1n) is 14.4. The molecule has 0 spiro atoms. The van der Waals surface area contributed by atoms with Crippen LogP contribution in [-0.4, -0.2) is 30.9 Å². The van der Waals surface area contributed by atoms with Gasteiger partial charge in [0.1, 0.15) is 5.82 Å². The molecule has 5 aromatic rings. The van der Waals surface area contributed by atoms with Gasteiger partial charge in [-0.05, 0) is 89.7 Å². The standard InChI is InChI=1S/C38H36N2O4/c1-25-22-27(13-12-26-14-18-29(19-15-26)38(2,3)4)16-20-32(25)40-35(39-31-11-9-8-10-30(31)37(40)41)21-17-28-23-33(42-5)36(44-7)34(24-28)43-6/h8-11,14-24H,1-7H3/b21-17+. The second-order valence-corrected chi connectivity index (χ2v) is 11.5. The van der Waals surface area contributed by atoms with Crippen LogP contribution in [0.25, 0.3) is 28.7 Å². The maximum absolute atomic E-state index is 13.9. The molecule has 0 radical (unpaired) electrons. The van der Waals surface area contributed by atoms with Gasteiger partial charge in [0.15, 0.2) is 11.5 Å². The highest BCUT2D eigenvalue weighted by Gasteiger charge is 2.15. The van der Waals surface area contributed by atoms with E-state index in [9.17, 15) is 4.79 Å². The topological polar surface area (TPSA) is 62.6 Å². The lowest BCUT2D eigenvalue weighted by Crippen LogP contribution is -2.23. The molecular formula is C38H36N2O4. The lowest BCUT2D eigenvalue weighted by Gasteiger charge is -2.18. The van der Waals surface area contributed by atoms with Crippen LogP contribution in [0.2, 0.25) is 0 Å². The van der Waals surface area contributed by atoms with Crippen molar-refractivity contribution >= 4 is 23.1 Å². The van der Waals surface area contributed by atoms with Crippen molar-refractivity contribution in [2.24, 2.45) is 0 Å². The van der Waals surface area contributed by atoms with Crippen LogP contribution in [0.1, 0.15) is 54.4 Å². The van der Waals surface area contributed by atoms with Crippen LogP contribution in [-0.2, 0) is 5.41 Å². The summed E-state index contributed by atoms with van der Waals surface area (Å²) in [6.45, 7) is 8.57. The summed E-state index contributed by atoms with van der Waals surface area (Å²) in [5, 5.41) is 0.541. The van der Waals surface area contributed by atoms with Gasteiger partial charge >= 0.3 is 0 Å². The van der Waals surface area contributed by atoms with Crippen LogP contribution in [0, 0.1) is 18.8 Å². The minimum atomic E-state index is -0.152. The third kappa shape index (κ3) is 6.23. The molecule has 0 atom stereocenters. The minimum Gasteiger partial charge on any atom is -0.493 e. The summed E-state index contributed by atoms with van der Waals surface area (Å²) in [5.74, 6) is 8.61. The molecule has 0 saturated carbocycles. The van der Waals surface area contributed by atoms with Gasteiger partial charge in [-0.3, -0.25) is 9.36 Å². The van der Waals surface area contributed by atoms with Crippen molar-refractivity contribution in [1.29, 1.82) is 0 Å². The Kier molecular flexibility index (Phi) is 8.59. The van der Waals surface area contributed by atoms with Crippen molar-refractivity contribution in [3.63, 3.8) is 0 Å². The molecule has 0 saturated heterocycles. The maximum Gasteiger partial charge on any atom is 0.266 e. The maximum atomic E-state index is 13.9. The van der Waals surface area contributed by atoms with Gasteiger partial charge in [0.05, 0.1) is 37.9 Å². The highest BCUT2D eigenvalue weighted by atomic mass is 16.5. The molecule has 0 unspecified atom stereocenters. The molecule has 4 aromatic carbocycles. The summed E-state index contributed by atoms with van der Waals surface area (Å²) in [7, 11) is 4.72. The highest BCUT2D eigenvalue weighted by molar-refractivity contribution is 5.80. The van der Waals surface area contributed by atoms with Crippen LogP contribution in [0.5, 0.6) is 17.2 Å². The lowest BCUT2D eigenvalue weighted by atomic mass is 9.87. The molecule has 0 aliphatic carbocycles. The fourth-order valence-electron chi connectivity index (χ4n) is 5.04. The number of nitrogens with zero attached hydrogens (tertiary/aromatic N) is 2. The molecule has 0 N–H and O–H groups in total. The van der Waals surface area contributed by atoms with Crippen LogP contribution in [0.15, 0.2) is 83.7 Å². The summed E-state index contributed by atoms with van der Waals surface area (Å²) >= 11 is 0. The molecule has 0 bridgehead atoms. The zero-order chi connectivity index (χ0) is 31.4. The smallest absolute Gasteiger partial charge is 0.266 e. The van der Waals surface area contributed by atoms with Gasteiger partial charge < -0.3 is 14.2 Å². The number of hydrogen-bond donors (Lipinski definition) is 0. The van der Waals surface area contributed by atoms with Crippen LogP contribution in [0.3, 0.4) is 0 Å². The Morgan fingerprint density at radius 1 is 0.773 bits per heavy atom. The summed E-state index contributed by atoms with van der Waals surface area (Å²) in [5.41, 5.74) is 6.09. The average molecular weight is 585 g/mol. The predicted molar refractivity (Wildman–Crippen MR) is 178 cm³/mol. The second-order valence-electron chi connectivity index (χ2n) is 11.5. The summed E-state index contributed by atoms with van der Waals surface area (Å²) < 4.78 is 18.1. The van der Waals surface area contributed by atoms with E-state index in [1.807, 2.05) is 67.6 Å². The third-order valence-electron chi connectivity index (χ3n) is 7.45. The van der Waals surface area contributed by atoms with Gasteiger partial charge in [-0.2, -0.15) is 0 Å². The zero-order valence-corrected chi connectivity index (χ0v) is 26.2. The van der Waals surface area contributed by atoms with Crippen LogP contribution in [0.4, 0.5) is 0 Å². The van der Waals surface area contributed by atoms with Crippen molar-refractivity contribution in [2.45, 2.75) is 33.1 Å². The van der Waals surface area contributed by atoms with E-state index >= 15 is 0 Å². The van der Waals surface area contributed by atoms with Crippen LogP contribution < -0.4 is 19.8 Å². The van der Waals surface area contributed by atoms with Gasteiger partial charge in [-0.15, -0.1) is 0 Å². The van der Waals surface area contributed by atoms with E-state index in [2.05, 4.69) is 56.9 Å². The Balaban J connectivity index is 1.56. The van der Waals surface area contributed by atoms with Gasteiger partial charge in [-0.25, -0.2) is 4.98 Å². The number of hydrogen-bond acceptors (Lipinski definition) is 5. The van der Waals surface area contributed by atoms with Gasteiger partial charge in [0.25, 0.3) is 5.56 Å². The van der Waals surface area contributed by atoms with Gasteiger partial charge in [0.2, 0.25) is 5.75 Å². The average Bonchev–Trinajstić information content (AvgIpc) is 3.02. The zero-order valence-electron chi connectivity index (χ0n) is 26.2. The first-order valence-corrected chi connectivity index (χ1v) is 14.4. The van der Waals surface area contributed by atoms with Crippen LogP contribution >= 0.6 is 0 Å². The molecule has 222 valence electrons. The minimum absolute atomic E-state index is 0.0943. The number of ether oxygens (including phenoxy) is 3. The van der Waals surface area contributed by atoms with E-state index in [0.29, 0.717) is 34.0 Å². The highest BCUT2D eigenvalue weighted by Crippen LogP contribution is 2.38. The third-order valence-corrected chi connectivity index (χ3v) is 7.45. The molecule has 6 nitrogen and oxygen atoms in total. The number of rotatable bonds is 6. The summed E-state index contributed by atoms with van der Waals surface area (Å²) in [4.78, 5) is 18.8. The van der Waals surface area contributed by atoms with Crippen molar-refractivity contribution in [2.75, 3.05) is 21.3 Å². The summed E-state index contributed by atoms with van der Waals surface area (Å²) in [6, 6.07) is 25.3. The molecule has 1 heterocycles. The number of para-hydroxylation sites is 1. The van der Waals surface area contributed by atoms with E-state index in [0.717, 1.165) is 27.9 Å². The molecule has 0 aliphatic rings. The Hall–Kier alpha value is -5.28. The molecule has 6 heteroatoms. The fraction of sp³-hybridized carbons (Fsp3) is 0.211. The Morgan fingerprint density at radius 3 is 2.02 bits per heavy atom. The Bertz CT molecular complexity index is 1960. The monoisotopic (exact) mass is 584 g/mol. The molecule has 0 aliphatic heterocycles. The van der Waals surface area contributed by atoms with Gasteiger partial charge in [0, 0.05) is 11.1 Å². The van der Waals surface area contributed by atoms with Crippen molar-refractivity contribution in [3.05, 3.63) is 123 Å². The molecule has 0 fully saturated rings. The number of fused-ring (bicyclic) bond motifs is 1. The Labute approximate surface area is 258 Å². The lowest BCUT2D eigenvalue weighted by molar-refractivity contribution is 0.324. The number of aromatic nitrogens is 2. The largest absolute Gasteiger partial charge is 0.493 e. The first kappa shape index (κ1) is 30.2. The normalized spacial score (nSPS) is 11.3. The second kappa shape index (κ2) is 12.5. The van der Waals surface area contributed by atoms with Crippen molar-refractivity contribution in [3.8, 4) is 34.8 Å². The number of benzene rings is 4. The molecular weight excluding hydrogens is 548 g/mol. The molecule has 5 rings (SSSR count). The van der Waals surface area contributed by atoms with Crippen molar-refractivity contribution < 1.29 is 14.2 Å². The number of methoxy groups -OCH3 is 3. The predicted octanol–water partition coefficient (Wildman–Crippen LogP) is 7.59.